The first-order valence-electron chi connectivity index (χ1n) is 9.68. The van der Waals surface area contributed by atoms with Gasteiger partial charge in [0.25, 0.3) is 5.91 Å². The lowest BCUT2D eigenvalue weighted by Gasteiger charge is -2.20. The van der Waals surface area contributed by atoms with Gasteiger partial charge in [-0.25, -0.2) is 0 Å². The van der Waals surface area contributed by atoms with E-state index in [-0.39, 0.29) is 18.7 Å². The van der Waals surface area contributed by atoms with Crippen molar-refractivity contribution in [3.63, 3.8) is 0 Å². The molecule has 1 aliphatic rings. The van der Waals surface area contributed by atoms with Crippen LogP contribution in [0.15, 0.2) is 66.7 Å². The number of hydrogen-bond acceptors (Lipinski definition) is 4. The molecule has 0 fully saturated rings. The van der Waals surface area contributed by atoms with Gasteiger partial charge in [-0.1, -0.05) is 29.8 Å². The lowest BCUT2D eigenvalue weighted by molar-refractivity contribution is 0.0936. The number of halogens is 1. The number of amides is 1. The first-order chi connectivity index (χ1) is 14.6. The molecule has 6 heteroatoms. The van der Waals surface area contributed by atoms with E-state index in [2.05, 4.69) is 5.32 Å². The summed E-state index contributed by atoms with van der Waals surface area (Å²) in [5.41, 5.74) is 2.75. The maximum Gasteiger partial charge on any atom is 0.251 e. The smallest absolute Gasteiger partial charge is 0.251 e. The Morgan fingerprint density at radius 3 is 2.37 bits per heavy atom. The summed E-state index contributed by atoms with van der Waals surface area (Å²) in [5.74, 6) is 2.15. The first kappa shape index (κ1) is 20.1. The van der Waals surface area contributed by atoms with Crippen LogP contribution >= 0.6 is 11.6 Å². The second-order valence-electron chi connectivity index (χ2n) is 7.12. The molecule has 4 rings (SSSR count). The molecule has 1 heterocycles. The summed E-state index contributed by atoms with van der Waals surface area (Å²) in [6.07, 6.45) is 1.33. The Kier molecular flexibility index (Phi) is 6.10. The van der Waals surface area contributed by atoms with E-state index in [4.69, 9.17) is 25.8 Å². The zero-order chi connectivity index (χ0) is 20.9. The van der Waals surface area contributed by atoms with Crippen LogP contribution < -0.4 is 19.5 Å². The number of carbonyl (C=O) groups excluding carboxylic acids is 1. The van der Waals surface area contributed by atoms with Crippen LogP contribution in [-0.4, -0.2) is 25.9 Å². The summed E-state index contributed by atoms with van der Waals surface area (Å²) < 4.78 is 16.1. The number of carbonyl (C=O) groups is 1. The molecule has 3 aromatic carbocycles. The number of ether oxygens (including phenoxy) is 3. The van der Waals surface area contributed by atoms with Gasteiger partial charge in [0, 0.05) is 16.6 Å². The van der Waals surface area contributed by atoms with Gasteiger partial charge < -0.3 is 19.5 Å². The van der Waals surface area contributed by atoms with E-state index >= 15 is 0 Å². The SMILES string of the molecule is COc1ccc(C[C@H](Cc2ccc3c(c2)OCO3)NC(=O)c2ccc(Cl)cc2)cc1. The van der Waals surface area contributed by atoms with Crippen LogP contribution in [0.3, 0.4) is 0 Å². The van der Waals surface area contributed by atoms with E-state index in [9.17, 15) is 4.79 Å². The fraction of sp³-hybridized carbons (Fsp3) is 0.208. The minimum absolute atomic E-state index is 0.109. The maximum atomic E-state index is 12.8. The number of fused-ring (bicyclic) bond motifs is 1. The van der Waals surface area contributed by atoms with Gasteiger partial charge >= 0.3 is 0 Å². The van der Waals surface area contributed by atoms with Gasteiger partial charge in [0.05, 0.1) is 7.11 Å². The molecule has 0 unspecified atom stereocenters. The lowest BCUT2D eigenvalue weighted by Crippen LogP contribution is -2.38. The summed E-state index contributed by atoms with van der Waals surface area (Å²) in [5, 5.41) is 3.76. The molecule has 1 atom stereocenters. The summed E-state index contributed by atoms with van der Waals surface area (Å²) in [7, 11) is 1.64. The third-order valence-electron chi connectivity index (χ3n) is 5.00. The van der Waals surface area contributed by atoms with E-state index in [0.717, 1.165) is 28.4 Å². The average Bonchev–Trinajstić information content (AvgIpc) is 3.22. The van der Waals surface area contributed by atoms with Gasteiger partial charge in [0.15, 0.2) is 11.5 Å². The highest BCUT2D eigenvalue weighted by Gasteiger charge is 2.18. The molecule has 3 aromatic rings. The second kappa shape index (κ2) is 9.09. The molecule has 0 aliphatic carbocycles. The van der Waals surface area contributed by atoms with E-state index in [1.807, 2.05) is 42.5 Å². The van der Waals surface area contributed by atoms with Crippen molar-refractivity contribution in [1.29, 1.82) is 0 Å². The Morgan fingerprint density at radius 2 is 1.63 bits per heavy atom. The molecule has 0 radical (unpaired) electrons. The Labute approximate surface area is 180 Å². The van der Waals surface area contributed by atoms with Gasteiger partial charge in [0.1, 0.15) is 5.75 Å². The summed E-state index contributed by atoms with van der Waals surface area (Å²) in [6.45, 7) is 0.237. The zero-order valence-electron chi connectivity index (χ0n) is 16.6. The monoisotopic (exact) mass is 423 g/mol. The Bertz CT molecular complexity index is 1020. The fourth-order valence-corrected chi connectivity index (χ4v) is 3.57. The molecular weight excluding hydrogens is 402 g/mol. The molecule has 0 saturated heterocycles. The lowest BCUT2D eigenvalue weighted by atomic mass is 9.98. The average molecular weight is 424 g/mol. The van der Waals surface area contributed by atoms with Gasteiger partial charge in [-0.15, -0.1) is 0 Å². The molecule has 1 amide bonds. The van der Waals surface area contributed by atoms with Crippen molar-refractivity contribution in [3.8, 4) is 17.2 Å². The molecule has 0 spiro atoms. The minimum Gasteiger partial charge on any atom is -0.497 e. The number of hydrogen-bond donors (Lipinski definition) is 1. The molecule has 1 N–H and O–H groups in total. The summed E-state index contributed by atoms with van der Waals surface area (Å²) in [4.78, 5) is 12.8. The molecule has 5 nitrogen and oxygen atoms in total. The Balaban J connectivity index is 1.53. The van der Waals surface area contributed by atoms with Crippen molar-refractivity contribution in [1.82, 2.24) is 5.32 Å². The first-order valence-corrected chi connectivity index (χ1v) is 10.1. The standard InChI is InChI=1S/C24H22ClNO4/c1-28-21-9-2-16(3-10-21)12-20(26-24(27)18-5-7-19(25)8-6-18)13-17-4-11-22-23(14-17)30-15-29-22/h2-11,14,20H,12-13,15H2,1H3,(H,26,27)/t20-/m1/s1. The minimum atomic E-state index is -0.133. The fourth-order valence-electron chi connectivity index (χ4n) is 3.44. The van der Waals surface area contributed by atoms with Crippen LogP contribution in [-0.2, 0) is 12.8 Å². The van der Waals surface area contributed by atoms with E-state index in [1.54, 1.807) is 31.4 Å². The van der Waals surface area contributed by atoms with Crippen LogP contribution in [0.25, 0.3) is 0 Å². The molecular formula is C24H22ClNO4. The normalized spacial score (nSPS) is 13.0. The van der Waals surface area contributed by atoms with Gasteiger partial charge in [-0.2, -0.15) is 0 Å². The van der Waals surface area contributed by atoms with E-state index < -0.39 is 0 Å². The van der Waals surface area contributed by atoms with Crippen LogP contribution in [0.2, 0.25) is 5.02 Å². The topological polar surface area (TPSA) is 56.8 Å². The summed E-state index contributed by atoms with van der Waals surface area (Å²) in [6, 6.07) is 20.5. The van der Waals surface area contributed by atoms with E-state index in [1.165, 1.54) is 0 Å². The molecule has 0 saturated carbocycles. The zero-order valence-corrected chi connectivity index (χ0v) is 17.3. The van der Waals surface area contributed by atoms with Crippen LogP contribution in [0.5, 0.6) is 17.2 Å². The van der Waals surface area contributed by atoms with Crippen molar-refractivity contribution in [2.75, 3.05) is 13.9 Å². The number of nitrogens with one attached hydrogen (secondary N) is 1. The third-order valence-corrected chi connectivity index (χ3v) is 5.25. The molecule has 0 bridgehead atoms. The quantitative estimate of drug-likeness (QED) is 0.600. The van der Waals surface area contributed by atoms with Crippen molar-refractivity contribution in [2.45, 2.75) is 18.9 Å². The van der Waals surface area contributed by atoms with Gasteiger partial charge in [-0.3, -0.25) is 4.79 Å². The van der Waals surface area contributed by atoms with Crippen molar-refractivity contribution in [2.24, 2.45) is 0 Å². The predicted octanol–water partition coefficient (Wildman–Crippen LogP) is 4.66. The highest BCUT2D eigenvalue weighted by Crippen LogP contribution is 2.33. The number of rotatable bonds is 7. The van der Waals surface area contributed by atoms with Crippen molar-refractivity contribution >= 4 is 17.5 Å². The summed E-state index contributed by atoms with van der Waals surface area (Å²) >= 11 is 5.94. The van der Waals surface area contributed by atoms with Crippen molar-refractivity contribution < 1.29 is 19.0 Å². The van der Waals surface area contributed by atoms with Gasteiger partial charge in [0.2, 0.25) is 6.79 Å². The molecule has 30 heavy (non-hydrogen) atoms. The van der Waals surface area contributed by atoms with Crippen molar-refractivity contribution in [3.05, 3.63) is 88.4 Å². The maximum absolute atomic E-state index is 12.8. The molecule has 0 aromatic heterocycles. The Morgan fingerprint density at radius 1 is 0.967 bits per heavy atom. The van der Waals surface area contributed by atoms with E-state index in [0.29, 0.717) is 23.4 Å². The number of methoxy groups -OCH3 is 1. The number of benzene rings is 3. The highest BCUT2D eigenvalue weighted by molar-refractivity contribution is 6.30. The van der Waals surface area contributed by atoms with Crippen LogP contribution in [0, 0.1) is 0 Å². The van der Waals surface area contributed by atoms with Gasteiger partial charge in [-0.05, 0) is 72.5 Å². The predicted molar refractivity (Wildman–Crippen MR) is 116 cm³/mol. The second-order valence-corrected chi connectivity index (χ2v) is 7.56. The van der Waals surface area contributed by atoms with Crippen LogP contribution in [0.4, 0.5) is 0 Å². The molecule has 154 valence electrons. The third kappa shape index (κ3) is 4.86. The largest absolute Gasteiger partial charge is 0.497 e. The highest BCUT2D eigenvalue weighted by atomic mass is 35.5. The van der Waals surface area contributed by atoms with Crippen LogP contribution in [0.1, 0.15) is 21.5 Å². The molecule has 1 aliphatic heterocycles. The Hall–Kier alpha value is -3.18.